The van der Waals surface area contributed by atoms with Crippen molar-refractivity contribution in [2.45, 2.75) is 37.8 Å². The predicted molar refractivity (Wildman–Crippen MR) is 46.7 cm³/mol. The Morgan fingerprint density at radius 1 is 1.09 bits per heavy atom. The Labute approximate surface area is 69.0 Å². The molecule has 1 N–H and O–H groups in total. The summed E-state index contributed by atoms with van der Waals surface area (Å²) < 4.78 is 0. The Kier molecular flexibility index (Phi) is 2.14. The van der Waals surface area contributed by atoms with Gasteiger partial charge in [-0.15, -0.1) is 0 Å². The summed E-state index contributed by atoms with van der Waals surface area (Å²) in [6.45, 7) is 2.43. The van der Waals surface area contributed by atoms with Crippen molar-refractivity contribution in [3.8, 4) is 0 Å². The Morgan fingerprint density at radius 2 is 1.73 bits per heavy atom. The van der Waals surface area contributed by atoms with E-state index in [-0.39, 0.29) is 0 Å². The maximum Gasteiger partial charge on any atom is 0.0345 e. The summed E-state index contributed by atoms with van der Waals surface area (Å²) in [5, 5.41) is 3.32. The van der Waals surface area contributed by atoms with Crippen molar-refractivity contribution in [2.75, 3.05) is 20.1 Å². The van der Waals surface area contributed by atoms with Gasteiger partial charge in [0.2, 0.25) is 0 Å². The van der Waals surface area contributed by atoms with Crippen LogP contribution in [-0.4, -0.2) is 37.1 Å². The van der Waals surface area contributed by atoms with E-state index < -0.39 is 0 Å². The molecule has 1 aliphatic carbocycles. The lowest BCUT2D eigenvalue weighted by molar-refractivity contribution is 0.129. The standard InChI is InChI=1S/C9H18N2/c1-11(9-6-10-7-9)8-4-2-3-5-8/h8-10H,2-7H2,1H3. The van der Waals surface area contributed by atoms with E-state index in [1.54, 1.807) is 0 Å². The van der Waals surface area contributed by atoms with E-state index in [0.29, 0.717) is 0 Å². The molecule has 1 saturated carbocycles. The molecule has 64 valence electrons. The van der Waals surface area contributed by atoms with Crippen LogP contribution < -0.4 is 5.32 Å². The van der Waals surface area contributed by atoms with Crippen molar-refractivity contribution in [3.05, 3.63) is 0 Å². The fourth-order valence-electron chi connectivity index (χ4n) is 2.17. The van der Waals surface area contributed by atoms with Gasteiger partial charge in [-0.1, -0.05) is 12.8 Å². The summed E-state index contributed by atoms with van der Waals surface area (Å²) in [4.78, 5) is 2.59. The van der Waals surface area contributed by atoms with Crippen LogP contribution in [0.2, 0.25) is 0 Å². The molecule has 0 radical (unpaired) electrons. The molecular weight excluding hydrogens is 136 g/mol. The molecule has 0 atom stereocenters. The average Bonchev–Trinajstić information content (AvgIpc) is 2.32. The lowest BCUT2D eigenvalue weighted by Gasteiger charge is -2.39. The SMILES string of the molecule is CN(C1CCCC1)C1CNC1. The highest BCUT2D eigenvalue weighted by atomic mass is 15.2. The first kappa shape index (κ1) is 7.56. The van der Waals surface area contributed by atoms with Crippen molar-refractivity contribution in [3.63, 3.8) is 0 Å². The number of rotatable bonds is 2. The second kappa shape index (κ2) is 3.11. The molecule has 1 heterocycles. The minimum atomic E-state index is 0.845. The first-order valence-corrected chi connectivity index (χ1v) is 4.80. The third kappa shape index (κ3) is 1.42. The van der Waals surface area contributed by atoms with Crippen molar-refractivity contribution < 1.29 is 0 Å². The largest absolute Gasteiger partial charge is 0.314 e. The number of hydrogen-bond donors (Lipinski definition) is 1. The lowest BCUT2D eigenvalue weighted by Crippen LogP contribution is -2.58. The van der Waals surface area contributed by atoms with Crippen molar-refractivity contribution >= 4 is 0 Å². The molecular formula is C9H18N2. The molecule has 0 aromatic heterocycles. The Bertz CT molecular complexity index is 126. The molecule has 0 aromatic carbocycles. The fourth-order valence-corrected chi connectivity index (χ4v) is 2.17. The molecule has 0 amide bonds. The summed E-state index contributed by atoms with van der Waals surface area (Å²) in [5.41, 5.74) is 0. The molecule has 2 fully saturated rings. The van der Waals surface area contributed by atoms with Crippen molar-refractivity contribution in [2.24, 2.45) is 0 Å². The van der Waals surface area contributed by atoms with Crippen LogP contribution in [0.15, 0.2) is 0 Å². The van der Waals surface area contributed by atoms with Crippen LogP contribution in [-0.2, 0) is 0 Å². The zero-order valence-electron chi connectivity index (χ0n) is 7.34. The van der Waals surface area contributed by atoms with Crippen LogP contribution in [0, 0.1) is 0 Å². The van der Waals surface area contributed by atoms with E-state index in [2.05, 4.69) is 17.3 Å². The highest BCUT2D eigenvalue weighted by Crippen LogP contribution is 2.24. The highest BCUT2D eigenvalue weighted by Gasteiger charge is 2.28. The van der Waals surface area contributed by atoms with Gasteiger partial charge in [-0.2, -0.15) is 0 Å². The molecule has 0 aromatic rings. The summed E-state index contributed by atoms with van der Waals surface area (Å²) in [7, 11) is 2.29. The van der Waals surface area contributed by atoms with Crippen LogP contribution in [0.5, 0.6) is 0 Å². The minimum Gasteiger partial charge on any atom is -0.314 e. The van der Waals surface area contributed by atoms with Gasteiger partial charge in [0.15, 0.2) is 0 Å². The van der Waals surface area contributed by atoms with Gasteiger partial charge in [-0.05, 0) is 19.9 Å². The van der Waals surface area contributed by atoms with Crippen LogP contribution in [0.3, 0.4) is 0 Å². The van der Waals surface area contributed by atoms with Gasteiger partial charge in [-0.25, -0.2) is 0 Å². The molecule has 1 aliphatic heterocycles. The Balaban J connectivity index is 1.82. The Morgan fingerprint density at radius 3 is 2.18 bits per heavy atom. The van der Waals surface area contributed by atoms with Gasteiger partial charge in [0.1, 0.15) is 0 Å². The lowest BCUT2D eigenvalue weighted by atomic mass is 10.1. The van der Waals surface area contributed by atoms with Gasteiger partial charge >= 0.3 is 0 Å². The molecule has 0 bridgehead atoms. The maximum absolute atomic E-state index is 3.32. The molecule has 0 spiro atoms. The number of likely N-dealkylation sites (N-methyl/N-ethyl adjacent to an activating group) is 1. The third-order valence-electron chi connectivity index (χ3n) is 3.24. The van der Waals surface area contributed by atoms with Gasteiger partial charge in [0.05, 0.1) is 0 Å². The quantitative estimate of drug-likeness (QED) is 0.634. The van der Waals surface area contributed by atoms with Gasteiger partial charge < -0.3 is 5.32 Å². The first-order chi connectivity index (χ1) is 5.38. The zero-order valence-corrected chi connectivity index (χ0v) is 7.34. The summed E-state index contributed by atoms with van der Waals surface area (Å²) >= 11 is 0. The topological polar surface area (TPSA) is 15.3 Å². The van der Waals surface area contributed by atoms with Gasteiger partial charge in [0, 0.05) is 25.2 Å². The van der Waals surface area contributed by atoms with E-state index >= 15 is 0 Å². The molecule has 1 saturated heterocycles. The van der Waals surface area contributed by atoms with Crippen molar-refractivity contribution in [1.82, 2.24) is 10.2 Å². The second-order valence-corrected chi connectivity index (χ2v) is 3.92. The molecule has 2 heteroatoms. The molecule has 0 unspecified atom stereocenters. The Hall–Kier alpha value is -0.0800. The van der Waals surface area contributed by atoms with Crippen LogP contribution in [0.25, 0.3) is 0 Å². The first-order valence-electron chi connectivity index (χ1n) is 4.80. The fraction of sp³-hybridized carbons (Fsp3) is 1.00. The number of nitrogens with zero attached hydrogens (tertiary/aromatic N) is 1. The number of nitrogens with one attached hydrogen (secondary N) is 1. The van der Waals surface area contributed by atoms with E-state index in [1.807, 2.05) is 0 Å². The van der Waals surface area contributed by atoms with Gasteiger partial charge in [0.25, 0.3) is 0 Å². The van der Waals surface area contributed by atoms with Crippen molar-refractivity contribution in [1.29, 1.82) is 0 Å². The zero-order chi connectivity index (χ0) is 7.68. The monoisotopic (exact) mass is 154 g/mol. The van der Waals surface area contributed by atoms with E-state index in [4.69, 9.17) is 0 Å². The minimum absolute atomic E-state index is 0.845. The van der Waals surface area contributed by atoms with Crippen LogP contribution in [0.1, 0.15) is 25.7 Å². The molecule has 2 rings (SSSR count). The van der Waals surface area contributed by atoms with Crippen LogP contribution >= 0.6 is 0 Å². The second-order valence-electron chi connectivity index (χ2n) is 3.92. The van der Waals surface area contributed by atoms with E-state index in [0.717, 1.165) is 12.1 Å². The predicted octanol–water partition coefficient (Wildman–Crippen LogP) is 0.833. The molecule has 2 aliphatic rings. The van der Waals surface area contributed by atoms with E-state index in [9.17, 15) is 0 Å². The maximum atomic E-state index is 3.32. The summed E-state index contributed by atoms with van der Waals surface area (Å²) in [6, 6.07) is 1.75. The molecule has 11 heavy (non-hydrogen) atoms. The summed E-state index contributed by atoms with van der Waals surface area (Å²) in [6.07, 6.45) is 5.78. The third-order valence-corrected chi connectivity index (χ3v) is 3.24. The van der Waals surface area contributed by atoms with E-state index in [1.165, 1.54) is 38.8 Å². The van der Waals surface area contributed by atoms with Gasteiger partial charge in [-0.3, -0.25) is 4.90 Å². The molecule has 2 nitrogen and oxygen atoms in total. The van der Waals surface area contributed by atoms with Crippen LogP contribution in [0.4, 0.5) is 0 Å². The number of hydrogen-bond acceptors (Lipinski definition) is 2. The smallest absolute Gasteiger partial charge is 0.0345 e. The highest BCUT2D eigenvalue weighted by molar-refractivity contribution is 4.88. The normalized spacial score (nSPS) is 27.8. The summed E-state index contributed by atoms with van der Waals surface area (Å²) in [5.74, 6) is 0. The average molecular weight is 154 g/mol.